The number of hydrogen-bond acceptors (Lipinski definition) is 9. The summed E-state index contributed by atoms with van der Waals surface area (Å²) < 4.78 is 6.27. The van der Waals surface area contributed by atoms with Crippen LogP contribution in [0.25, 0.3) is 0 Å². The highest BCUT2D eigenvalue weighted by Gasteiger charge is 2.36. The fraction of sp³-hybridized carbons (Fsp3) is 0.591. The first-order valence-corrected chi connectivity index (χ1v) is 12.4. The van der Waals surface area contributed by atoms with Gasteiger partial charge in [0.1, 0.15) is 24.6 Å². The number of hydrogen-bond donors (Lipinski definition) is 2. The molecule has 31 heavy (non-hydrogen) atoms. The SMILES string of the molecule is Cc1nc(C2CN(C3CCNC3)C2)cc2c1OCc1c(ncnc1N1CCSCC1)N2. The van der Waals surface area contributed by atoms with Gasteiger partial charge in [0.25, 0.3) is 0 Å². The topological polar surface area (TPSA) is 78.4 Å². The van der Waals surface area contributed by atoms with E-state index in [1.807, 2.05) is 18.7 Å². The van der Waals surface area contributed by atoms with Crippen molar-refractivity contribution in [1.29, 1.82) is 0 Å². The number of thioether (sulfide) groups is 1. The Bertz CT molecular complexity index is 969. The highest BCUT2D eigenvalue weighted by atomic mass is 32.2. The lowest BCUT2D eigenvalue weighted by Crippen LogP contribution is -2.51. The first kappa shape index (κ1) is 19.6. The molecule has 9 heteroatoms. The number of aromatic nitrogens is 3. The lowest BCUT2D eigenvalue weighted by atomic mass is 9.93. The first-order valence-electron chi connectivity index (χ1n) is 11.3. The summed E-state index contributed by atoms with van der Waals surface area (Å²) in [7, 11) is 0. The number of nitrogens with one attached hydrogen (secondary N) is 2. The predicted octanol–water partition coefficient (Wildman–Crippen LogP) is 2.13. The smallest absolute Gasteiger partial charge is 0.164 e. The van der Waals surface area contributed by atoms with Crippen molar-refractivity contribution < 1.29 is 4.74 Å². The molecule has 0 amide bonds. The molecule has 6 heterocycles. The van der Waals surface area contributed by atoms with Crippen molar-refractivity contribution in [2.24, 2.45) is 0 Å². The minimum absolute atomic E-state index is 0.461. The van der Waals surface area contributed by atoms with E-state index in [9.17, 15) is 0 Å². The zero-order valence-electron chi connectivity index (χ0n) is 17.9. The molecule has 2 N–H and O–H groups in total. The second-order valence-electron chi connectivity index (χ2n) is 8.84. The Labute approximate surface area is 187 Å². The van der Waals surface area contributed by atoms with Gasteiger partial charge in [0.05, 0.1) is 16.9 Å². The minimum Gasteiger partial charge on any atom is -0.485 e. The zero-order valence-corrected chi connectivity index (χ0v) is 18.7. The van der Waals surface area contributed by atoms with Crippen LogP contribution in [0.15, 0.2) is 12.4 Å². The van der Waals surface area contributed by atoms with E-state index in [2.05, 4.69) is 36.5 Å². The zero-order chi connectivity index (χ0) is 20.8. The van der Waals surface area contributed by atoms with E-state index in [-0.39, 0.29) is 0 Å². The normalized spacial score (nSPS) is 23.9. The summed E-state index contributed by atoms with van der Waals surface area (Å²) in [4.78, 5) is 19.1. The van der Waals surface area contributed by atoms with Gasteiger partial charge in [0.2, 0.25) is 0 Å². The summed E-state index contributed by atoms with van der Waals surface area (Å²) >= 11 is 2.00. The molecule has 1 atom stereocenters. The highest BCUT2D eigenvalue weighted by Crippen LogP contribution is 2.40. The predicted molar refractivity (Wildman–Crippen MR) is 124 cm³/mol. The summed E-state index contributed by atoms with van der Waals surface area (Å²) in [6.45, 7) is 8.98. The van der Waals surface area contributed by atoms with E-state index < -0.39 is 0 Å². The Balaban J connectivity index is 1.25. The quantitative estimate of drug-likeness (QED) is 0.748. The number of aryl methyl sites for hydroxylation is 1. The Morgan fingerprint density at radius 1 is 1.19 bits per heavy atom. The van der Waals surface area contributed by atoms with Crippen molar-refractivity contribution in [3.8, 4) is 5.75 Å². The molecule has 4 aliphatic heterocycles. The summed E-state index contributed by atoms with van der Waals surface area (Å²) in [5, 5.41) is 7.03. The van der Waals surface area contributed by atoms with Crippen molar-refractivity contribution in [1.82, 2.24) is 25.2 Å². The van der Waals surface area contributed by atoms with Gasteiger partial charge in [-0.2, -0.15) is 11.8 Å². The van der Waals surface area contributed by atoms with E-state index in [0.717, 1.165) is 90.8 Å². The fourth-order valence-corrected chi connectivity index (χ4v) is 5.98. The van der Waals surface area contributed by atoms with Crippen molar-refractivity contribution >= 4 is 29.1 Å². The summed E-state index contributed by atoms with van der Waals surface area (Å²) in [6.07, 6.45) is 2.93. The van der Waals surface area contributed by atoms with Gasteiger partial charge in [-0.1, -0.05) is 0 Å². The van der Waals surface area contributed by atoms with Gasteiger partial charge in [0, 0.05) is 61.9 Å². The third kappa shape index (κ3) is 3.62. The number of pyridine rings is 1. The molecule has 0 radical (unpaired) electrons. The Kier molecular flexibility index (Phi) is 5.12. The number of fused-ring (bicyclic) bond motifs is 2. The molecular weight excluding hydrogens is 410 g/mol. The van der Waals surface area contributed by atoms with Crippen molar-refractivity contribution in [2.45, 2.75) is 31.9 Å². The molecule has 3 fully saturated rings. The van der Waals surface area contributed by atoms with Crippen LogP contribution in [0.5, 0.6) is 5.75 Å². The number of likely N-dealkylation sites (tertiary alicyclic amines) is 1. The molecule has 0 spiro atoms. The van der Waals surface area contributed by atoms with Crippen molar-refractivity contribution in [3.05, 3.63) is 29.3 Å². The Hall–Kier alpha value is -2.10. The Morgan fingerprint density at radius 2 is 2.06 bits per heavy atom. The second kappa shape index (κ2) is 8.11. The molecule has 164 valence electrons. The van der Waals surface area contributed by atoms with E-state index in [0.29, 0.717) is 18.6 Å². The van der Waals surface area contributed by atoms with Crippen LogP contribution in [-0.2, 0) is 6.61 Å². The molecule has 2 aromatic rings. The number of nitrogens with zero attached hydrogens (tertiary/aromatic N) is 5. The van der Waals surface area contributed by atoms with E-state index >= 15 is 0 Å². The van der Waals surface area contributed by atoms with Gasteiger partial charge < -0.3 is 20.3 Å². The van der Waals surface area contributed by atoms with E-state index in [1.54, 1.807) is 6.33 Å². The second-order valence-corrected chi connectivity index (χ2v) is 10.1. The van der Waals surface area contributed by atoms with Crippen molar-refractivity contribution in [2.75, 3.05) is 61.0 Å². The summed E-state index contributed by atoms with van der Waals surface area (Å²) in [5.41, 5.74) is 4.11. The largest absolute Gasteiger partial charge is 0.485 e. The minimum atomic E-state index is 0.461. The molecule has 0 bridgehead atoms. The molecule has 1 unspecified atom stereocenters. The van der Waals surface area contributed by atoms with E-state index in [1.165, 1.54) is 6.42 Å². The molecule has 4 aliphatic rings. The molecule has 0 aliphatic carbocycles. The average molecular weight is 440 g/mol. The molecular formula is C22H29N7OS. The van der Waals surface area contributed by atoms with Gasteiger partial charge in [-0.15, -0.1) is 0 Å². The Morgan fingerprint density at radius 3 is 2.87 bits per heavy atom. The van der Waals surface area contributed by atoms with Crippen LogP contribution in [0.1, 0.15) is 29.3 Å². The number of ether oxygens (including phenoxy) is 1. The van der Waals surface area contributed by atoms with Crippen LogP contribution < -0.4 is 20.3 Å². The highest BCUT2D eigenvalue weighted by molar-refractivity contribution is 7.99. The third-order valence-electron chi connectivity index (χ3n) is 6.89. The van der Waals surface area contributed by atoms with Crippen LogP contribution in [0.2, 0.25) is 0 Å². The molecule has 6 rings (SSSR count). The molecule has 0 saturated carbocycles. The number of rotatable bonds is 3. The number of anilines is 3. The third-order valence-corrected chi connectivity index (χ3v) is 7.83. The standard InChI is InChI=1S/C22H29N7OS/c1-14-20-19(8-18(26-14)15-10-29(11-15)16-2-3-23-9-16)27-21-17(12-30-20)22(25-13-24-21)28-4-6-31-7-5-28/h8,13,15-16,23H,2-7,9-12H2,1H3,(H,24,25,27). The lowest BCUT2D eigenvalue weighted by molar-refractivity contribution is 0.0989. The molecule has 8 nitrogen and oxygen atoms in total. The van der Waals surface area contributed by atoms with Gasteiger partial charge >= 0.3 is 0 Å². The fourth-order valence-electron chi connectivity index (χ4n) is 5.08. The maximum Gasteiger partial charge on any atom is 0.164 e. The maximum absolute atomic E-state index is 6.27. The van der Waals surface area contributed by atoms with Crippen LogP contribution in [-0.4, -0.2) is 76.7 Å². The van der Waals surface area contributed by atoms with Crippen molar-refractivity contribution in [3.63, 3.8) is 0 Å². The van der Waals surface area contributed by atoms with Crippen LogP contribution in [0.4, 0.5) is 17.3 Å². The van der Waals surface area contributed by atoms with Crippen LogP contribution in [0, 0.1) is 6.92 Å². The van der Waals surface area contributed by atoms with Gasteiger partial charge in [0.15, 0.2) is 5.75 Å². The van der Waals surface area contributed by atoms with E-state index in [4.69, 9.17) is 9.72 Å². The summed E-state index contributed by atoms with van der Waals surface area (Å²) in [5.74, 6) is 5.44. The summed E-state index contributed by atoms with van der Waals surface area (Å²) in [6, 6.07) is 2.86. The maximum atomic E-state index is 6.27. The van der Waals surface area contributed by atoms with Crippen LogP contribution >= 0.6 is 11.8 Å². The van der Waals surface area contributed by atoms with Gasteiger partial charge in [-0.25, -0.2) is 9.97 Å². The average Bonchev–Trinajstić information content (AvgIpc) is 3.20. The lowest BCUT2D eigenvalue weighted by Gasteiger charge is -2.42. The molecule has 2 aromatic heterocycles. The van der Waals surface area contributed by atoms with Crippen LogP contribution in [0.3, 0.4) is 0 Å². The monoisotopic (exact) mass is 439 g/mol. The first-order chi connectivity index (χ1) is 15.3. The van der Waals surface area contributed by atoms with Gasteiger partial charge in [-0.05, 0) is 26.0 Å². The van der Waals surface area contributed by atoms with Gasteiger partial charge in [-0.3, -0.25) is 9.88 Å². The molecule has 0 aromatic carbocycles. The molecule has 3 saturated heterocycles.